The molecule has 1 saturated carbocycles. The molecule has 2 aromatic rings. The van der Waals surface area contributed by atoms with E-state index < -0.39 is 0 Å². The fourth-order valence-corrected chi connectivity index (χ4v) is 3.51. The molecular weight excluding hydrogens is 336 g/mol. The normalized spacial score (nSPS) is 15.7. The van der Waals surface area contributed by atoms with Crippen molar-refractivity contribution in [1.82, 2.24) is 14.9 Å². The van der Waals surface area contributed by atoms with Crippen LogP contribution < -0.4 is 4.74 Å². The van der Waals surface area contributed by atoms with E-state index in [4.69, 9.17) is 17.0 Å². The van der Waals surface area contributed by atoms with Crippen LogP contribution in [-0.2, 0) is 6.42 Å². The minimum absolute atomic E-state index is 0.104. The average Bonchev–Trinajstić information content (AvgIpc) is 3.00. The number of H-pyrrole nitrogens is 1. The van der Waals surface area contributed by atoms with E-state index >= 15 is 0 Å². The molecule has 0 radical (unpaired) electrons. The molecule has 134 valence electrons. The van der Waals surface area contributed by atoms with Crippen molar-refractivity contribution in [3.63, 3.8) is 0 Å². The van der Waals surface area contributed by atoms with Gasteiger partial charge in [-0.15, -0.1) is 0 Å². The molecule has 0 aliphatic heterocycles. The molecule has 0 amide bonds. The first-order valence-corrected chi connectivity index (χ1v) is 9.16. The van der Waals surface area contributed by atoms with Crippen molar-refractivity contribution >= 4 is 18.4 Å². The number of aromatic hydroxyl groups is 1. The first-order chi connectivity index (χ1) is 12.2. The van der Waals surface area contributed by atoms with Crippen molar-refractivity contribution in [2.75, 3.05) is 7.11 Å². The highest BCUT2D eigenvalue weighted by Gasteiger charge is 2.15. The van der Waals surface area contributed by atoms with E-state index in [0.717, 1.165) is 30.1 Å². The predicted octanol–water partition coefficient (Wildman–Crippen LogP) is 4.05. The van der Waals surface area contributed by atoms with Crippen LogP contribution in [0.15, 0.2) is 23.3 Å². The molecule has 0 atom stereocenters. The first-order valence-electron chi connectivity index (χ1n) is 8.75. The van der Waals surface area contributed by atoms with Gasteiger partial charge in [0.15, 0.2) is 17.3 Å². The minimum Gasteiger partial charge on any atom is -0.504 e. The first kappa shape index (κ1) is 17.7. The second-order valence-corrected chi connectivity index (χ2v) is 6.86. The fraction of sp³-hybridized carbons (Fsp3) is 0.500. The Kier molecular flexibility index (Phi) is 5.86. The summed E-state index contributed by atoms with van der Waals surface area (Å²) in [5.74, 6) is 2.17. The third-order valence-corrected chi connectivity index (χ3v) is 5.01. The molecule has 0 spiro atoms. The number of aromatic nitrogens is 3. The quantitative estimate of drug-likeness (QED) is 0.602. The lowest BCUT2D eigenvalue weighted by molar-refractivity contribution is 0.336. The van der Waals surface area contributed by atoms with Gasteiger partial charge in [0.05, 0.1) is 13.3 Å². The Labute approximate surface area is 152 Å². The SMILES string of the molecule is COc1cc(/C=N/n2c(CCC3CCCCC3)n[nH]c2=S)ccc1O. The van der Waals surface area contributed by atoms with E-state index in [0.29, 0.717) is 10.5 Å². The van der Waals surface area contributed by atoms with E-state index in [1.165, 1.54) is 39.2 Å². The van der Waals surface area contributed by atoms with Crippen molar-refractivity contribution in [2.24, 2.45) is 11.0 Å². The number of aryl methyl sites for hydroxylation is 1. The van der Waals surface area contributed by atoms with Gasteiger partial charge in [-0.3, -0.25) is 5.10 Å². The molecule has 6 nitrogen and oxygen atoms in total. The molecule has 0 unspecified atom stereocenters. The summed E-state index contributed by atoms with van der Waals surface area (Å²) in [6.07, 6.45) is 10.4. The summed E-state index contributed by atoms with van der Waals surface area (Å²) in [4.78, 5) is 0. The number of hydrogen-bond donors (Lipinski definition) is 2. The van der Waals surface area contributed by atoms with E-state index in [1.54, 1.807) is 29.1 Å². The topological polar surface area (TPSA) is 75.4 Å². The van der Waals surface area contributed by atoms with Crippen molar-refractivity contribution < 1.29 is 9.84 Å². The number of hydrogen-bond acceptors (Lipinski definition) is 5. The van der Waals surface area contributed by atoms with Crippen molar-refractivity contribution in [3.8, 4) is 11.5 Å². The van der Waals surface area contributed by atoms with E-state index in [-0.39, 0.29) is 5.75 Å². The number of aromatic amines is 1. The summed E-state index contributed by atoms with van der Waals surface area (Å²) < 4.78 is 7.28. The summed E-state index contributed by atoms with van der Waals surface area (Å²) in [7, 11) is 1.52. The maximum Gasteiger partial charge on any atom is 0.216 e. The molecule has 1 aromatic heterocycles. The predicted molar refractivity (Wildman–Crippen MR) is 100.0 cm³/mol. The molecule has 3 rings (SSSR count). The van der Waals surface area contributed by atoms with E-state index in [2.05, 4.69) is 15.3 Å². The number of phenolic OH excluding ortho intramolecular Hbond substituents is 1. The number of benzene rings is 1. The van der Waals surface area contributed by atoms with E-state index in [1.807, 2.05) is 0 Å². The van der Waals surface area contributed by atoms with Crippen LogP contribution in [0.2, 0.25) is 0 Å². The van der Waals surface area contributed by atoms with Gasteiger partial charge in [-0.05, 0) is 48.3 Å². The molecule has 1 aromatic carbocycles. The highest BCUT2D eigenvalue weighted by molar-refractivity contribution is 7.71. The zero-order valence-electron chi connectivity index (χ0n) is 14.4. The Hall–Kier alpha value is -2.15. The Bertz CT molecular complexity index is 791. The summed E-state index contributed by atoms with van der Waals surface area (Å²) >= 11 is 5.29. The number of phenols is 1. The zero-order valence-corrected chi connectivity index (χ0v) is 15.3. The van der Waals surface area contributed by atoms with E-state index in [9.17, 15) is 5.11 Å². The molecule has 0 bridgehead atoms. The summed E-state index contributed by atoms with van der Waals surface area (Å²) in [6.45, 7) is 0. The van der Waals surface area contributed by atoms with Gasteiger partial charge in [-0.1, -0.05) is 32.1 Å². The van der Waals surface area contributed by atoms with Crippen molar-refractivity contribution in [3.05, 3.63) is 34.4 Å². The van der Waals surface area contributed by atoms with Gasteiger partial charge in [0.1, 0.15) is 0 Å². The Morgan fingerprint density at radius 1 is 1.40 bits per heavy atom. The third-order valence-electron chi connectivity index (χ3n) is 4.74. The van der Waals surface area contributed by atoms with Crippen LogP contribution in [-0.4, -0.2) is 33.3 Å². The zero-order chi connectivity index (χ0) is 17.6. The third kappa shape index (κ3) is 4.48. The van der Waals surface area contributed by atoms with Crippen molar-refractivity contribution in [1.29, 1.82) is 0 Å². The van der Waals surface area contributed by atoms with Gasteiger partial charge < -0.3 is 9.84 Å². The molecule has 1 heterocycles. The summed E-state index contributed by atoms with van der Waals surface area (Å²) in [5.41, 5.74) is 0.816. The summed E-state index contributed by atoms with van der Waals surface area (Å²) in [6, 6.07) is 5.08. The lowest BCUT2D eigenvalue weighted by Crippen LogP contribution is -2.09. The molecule has 1 aliphatic carbocycles. The molecular formula is C18H24N4O2S. The molecule has 0 saturated heterocycles. The highest BCUT2D eigenvalue weighted by Crippen LogP contribution is 2.27. The standard InChI is InChI=1S/C18H24N4O2S/c1-24-16-11-14(7-9-15(16)23)12-19-22-17(20-21-18(22)25)10-8-13-5-3-2-4-6-13/h7,9,11-13,23H,2-6,8,10H2,1H3,(H,21,25)/b19-12+. The second kappa shape index (κ2) is 8.29. The van der Waals surface area contributed by atoms with Crippen LogP contribution in [0, 0.1) is 10.7 Å². The minimum atomic E-state index is 0.104. The number of ether oxygens (including phenoxy) is 1. The van der Waals surface area contributed by atoms with Crippen LogP contribution in [0.4, 0.5) is 0 Å². The largest absolute Gasteiger partial charge is 0.504 e. The lowest BCUT2D eigenvalue weighted by Gasteiger charge is -2.20. The molecule has 1 fully saturated rings. The number of rotatable bonds is 6. The molecule has 2 N–H and O–H groups in total. The maximum atomic E-state index is 9.66. The number of nitrogens with one attached hydrogen (secondary N) is 1. The maximum absolute atomic E-state index is 9.66. The Morgan fingerprint density at radius 2 is 2.20 bits per heavy atom. The molecule has 25 heavy (non-hydrogen) atoms. The Morgan fingerprint density at radius 3 is 2.96 bits per heavy atom. The molecule has 1 aliphatic rings. The van der Waals surface area contributed by atoms with Crippen LogP contribution >= 0.6 is 12.2 Å². The second-order valence-electron chi connectivity index (χ2n) is 6.48. The highest BCUT2D eigenvalue weighted by atomic mass is 32.1. The summed E-state index contributed by atoms with van der Waals surface area (Å²) in [5, 5.41) is 21.3. The van der Waals surface area contributed by atoms with Crippen molar-refractivity contribution in [2.45, 2.75) is 44.9 Å². The van der Waals surface area contributed by atoms with Crippen LogP contribution in [0.5, 0.6) is 11.5 Å². The smallest absolute Gasteiger partial charge is 0.216 e. The van der Waals surface area contributed by atoms with Gasteiger partial charge in [-0.2, -0.15) is 14.9 Å². The lowest BCUT2D eigenvalue weighted by atomic mass is 9.86. The van der Waals surface area contributed by atoms with Gasteiger partial charge in [-0.25, -0.2) is 0 Å². The molecule has 7 heteroatoms. The monoisotopic (exact) mass is 360 g/mol. The van der Waals surface area contributed by atoms with Crippen LogP contribution in [0.3, 0.4) is 0 Å². The number of methoxy groups -OCH3 is 1. The van der Waals surface area contributed by atoms with Crippen LogP contribution in [0.25, 0.3) is 0 Å². The van der Waals surface area contributed by atoms with Gasteiger partial charge >= 0.3 is 0 Å². The average molecular weight is 360 g/mol. The Balaban J connectivity index is 1.71. The van der Waals surface area contributed by atoms with Gasteiger partial charge in [0, 0.05) is 6.42 Å². The number of nitrogens with zero attached hydrogens (tertiary/aromatic N) is 3. The fourth-order valence-electron chi connectivity index (χ4n) is 3.31. The van der Waals surface area contributed by atoms with Gasteiger partial charge in [0.2, 0.25) is 4.77 Å². The van der Waals surface area contributed by atoms with Crippen LogP contribution in [0.1, 0.15) is 49.9 Å². The van der Waals surface area contributed by atoms with Gasteiger partial charge in [0.25, 0.3) is 0 Å².